The van der Waals surface area contributed by atoms with Gasteiger partial charge in [0.05, 0.1) is 0 Å². The SMILES string of the molecule is CSc1ccc(N2CC(S(=O)(=O)F)CC2=O)cc1. The van der Waals surface area contributed by atoms with Crippen LogP contribution in [0.5, 0.6) is 0 Å². The van der Waals surface area contributed by atoms with E-state index in [9.17, 15) is 17.1 Å². The summed E-state index contributed by atoms with van der Waals surface area (Å²) in [7, 11) is -4.66. The monoisotopic (exact) mass is 289 g/mol. The van der Waals surface area contributed by atoms with Crippen LogP contribution < -0.4 is 4.90 Å². The van der Waals surface area contributed by atoms with Gasteiger partial charge in [-0.2, -0.15) is 8.42 Å². The Balaban J connectivity index is 2.21. The van der Waals surface area contributed by atoms with Gasteiger partial charge >= 0.3 is 10.2 Å². The molecule has 2 rings (SSSR count). The Kier molecular flexibility index (Phi) is 3.63. The van der Waals surface area contributed by atoms with Crippen molar-refractivity contribution in [2.75, 3.05) is 17.7 Å². The third-order valence-electron chi connectivity index (χ3n) is 2.87. The Morgan fingerprint density at radius 2 is 1.94 bits per heavy atom. The molecule has 1 atom stereocenters. The highest BCUT2D eigenvalue weighted by atomic mass is 32.3. The van der Waals surface area contributed by atoms with Crippen LogP contribution in [0.4, 0.5) is 9.57 Å². The summed E-state index contributed by atoms with van der Waals surface area (Å²) in [5, 5.41) is -1.25. The van der Waals surface area contributed by atoms with E-state index in [0.29, 0.717) is 5.69 Å². The van der Waals surface area contributed by atoms with Crippen molar-refractivity contribution in [3.8, 4) is 0 Å². The van der Waals surface area contributed by atoms with Crippen molar-refractivity contribution in [3.05, 3.63) is 24.3 Å². The summed E-state index contributed by atoms with van der Waals surface area (Å²) in [6.07, 6.45) is 1.64. The van der Waals surface area contributed by atoms with Gasteiger partial charge in [-0.25, -0.2) is 0 Å². The minimum atomic E-state index is -4.66. The Hall–Kier alpha value is -1.08. The lowest BCUT2D eigenvalue weighted by Gasteiger charge is -2.16. The lowest BCUT2D eigenvalue weighted by molar-refractivity contribution is -0.117. The molecule has 1 fully saturated rings. The van der Waals surface area contributed by atoms with Gasteiger partial charge in [0, 0.05) is 23.5 Å². The third-order valence-corrected chi connectivity index (χ3v) is 4.73. The van der Waals surface area contributed by atoms with Gasteiger partial charge in [-0.15, -0.1) is 15.6 Å². The first-order chi connectivity index (χ1) is 8.41. The highest BCUT2D eigenvalue weighted by molar-refractivity contribution is 7.98. The predicted octanol–water partition coefficient (Wildman–Crippen LogP) is 1.81. The number of hydrogen-bond acceptors (Lipinski definition) is 4. The number of amides is 1. The van der Waals surface area contributed by atoms with Gasteiger partial charge in [-0.3, -0.25) is 4.79 Å². The average molecular weight is 289 g/mol. The molecule has 1 saturated heterocycles. The second-order valence-electron chi connectivity index (χ2n) is 4.00. The van der Waals surface area contributed by atoms with Crippen LogP contribution in [0, 0.1) is 0 Å². The van der Waals surface area contributed by atoms with Gasteiger partial charge < -0.3 is 4.90 Å². The first-order valence-electron chi connectivity index (χ1n) is 5.29. The number of carbonyl (C=O) groups is 1. The molecule has 1 aromatic rings. The van der Waals surface area contributed by atoms with E-state index in [2.05, 4.69) is 0 Å². The molecule has 1 amide bonds. The Morgan fingerprint density at radius 1 is 1.33 bits per heavy atom. The lowest BCUT2D eigenvalue weighted by Crippen LogP contribution is -2.26. The topological polar surface area (TPSA) is 54.5 Å². The number of nitrogens with zero attached hydrogens (tertiary/aromatic N) is 1. The zero-order valence-electron chi connectivity index (χ0n) is 9.67. The van der Waals surface area contributed by atoms with E-state index in [1.165, 1.54) is 4.90 Å². The second kappa shape index (κ2) is 4.89. The zero-order valence-corrected chi connectivity index (χ0v) is 11.3. The smallest absolute Gasteiger partial charge is 0.307 e. The number of benzene rings is 1. The summed E-state index contributed by atoms with van der Waals surface area (Å²) in [6.45, 7) is -0.115. The molecule has 18 heavy (non-hydrogen) atoms. The van der Waals surface area contributed by atoms with E-state index in [1.54, 1.807) is 23.9 Å². The van der Waals surface area contributed by atoms with Crippen molar-refractivity contribution in [1.82, 2.24) is 0 Å². The fourth-order valence-corrected chi connectivity index (χ4v) is 2.95. The fourth-order valence-electron chi connectivity index (χ4n) is 1.88. The molecule has 1 aliphatic heterocycles. The second-order valence-corrected chi connectivity index (χ2v) is 6.50. The van der Waals surface area contributed by atoms with Gasteiger partial charge in [0.15, 0.2) is 0 Å². The molecule has 0 aliphatic carbocycles. The highest BCUT2D eigenvalue weighted by Crippen LogP contribution is 2.27. The molecule has 7 heteroatoms. The van der Waals surface area contributed by atoms with Crippen molar-refractivity contribution in [2.45, 2.75) is 16.6 Å². The van der Waals surface area contributed by atoms with Crippen LogP contribution >= 0.6 is 11.8 Å². The van der Waals surface area contributed by atoms with E-state index in [-0.39, 0.29) is 18.9 Å². The van der Waals surface area contributed by atoms with Crippen molar-refractivity contribution in [2.24, 2.45) is 0 Å². The number of anilines is 1. The van der Waals surface area contributed by atoms with Crippen LogP contribution in [-0.4, -0.2) is 32.4 Å². The number of thioether (sulfide) groups is 1. The first kappa shape index (κ1) is 13.4. The molecule has 98 valence electrons. The van der Waals surface area contributed by atoms with E-state index in [4.69, 9.17) is 0 Å². The number of hydrogen-bond donors (Lipinski definition) is 0. The van der Waals surface area contributed by atoms with E-state index >= 15 is 0 Å². The number of rotatable bonds is 3. The van der Waals surface area contributed by atoms with Gasteiger partial charge in [0.2, 0.25) is 5.91 Å². The minimum absolute atomic E-state index is 0.115. The van der Waals surface area contributed by atoms with Crippen molar-refractivity contribution in [3.63, 3.8) is 0 Å². The molecule has 1 aliphatic rings. The van der Waals surface area contributed by atoms with Crippen LogP contribution in [0.1, 0.15) is 6.42 Å². The Labute approximate surface area is 109 Å². The van der Waals surface area contributed by atoms with Gasteiger partial charge in [0.1, 0.15) is 5.25 Å². The molecule has 1 unspecified atom stereocenters. The van der Waals surface area contributed by atoms with Crippen molar-refractivity contribution >= 4 is 33.6 Å². The van der Waals surface area contributed by atoms with Crippen molar-refractivity contribution in [1.29, 1.82) is 0 Å². The molecular formula is C11H12FNO3S2. The maximum atomic E-state index is 12.9. The normalized spacial score (nSPS) is 20.4. The highest BCUT2D eigenvalue weighted by Gasteiger charge is 2.38. The molecule has 1 heterocycles. The van der Waals surface area contributed by atoms with E-state index in [1.807, 2.05) is 18.4 Å². The van der Waals surface area contributed by atoms with Gasteiger partial charge in [-0.05, 0) is 30.5 Å². The van der Waals surface area contributed by atoms with Crippen molar-refractivity contribution < 1.29 is 17.1 Å². The summed E-state index contributed by atoms with van der Waals surface area (Å²) in [5.41, 5.74) is 0.601. The standard InChI is InChI=1S/C11H12FNO3S2/c1-17-9-4-2-8(3-5-9)13-7-10(6-11(13)14)18(12,15)16/h2-5,10H,6-7H2,1H3. The van der Waals surface area contributed by atoms with E-state index in [0.717, 1.165) is 4.90 Å². The molecule has 0 N–H and O–H groups in total. The quantitative estimate of drug-likeness (QED) is 0.629. The van der Waals surface area contributed by atoms with Crippen LogP contribution in [0.2, 0.25) is 0 Å². The van der Waals surface area contributed by atoms with Crippen LogP contribution in [0.25, 0.3) is 0 Å². The van der Waals surface area contributed by atoms with E-state index < -0.39 is 15.5 Å². The third kappa shape index (κ3) is 2.67. The molecule has 4 nitrogen and oxygen atoms in total. The molecule has 0 saturated carbocycles. The lowest BCUT2D eigenvalue weighted by atomic mass is 10.3. The number of halogens is 1. The van der Waals surface area contributed by atoms with Crippen LogP contribution in [-0.2, 0) is 15.0 Å². The summed E-state index contributed by atoms with van der Waals surface area (Å²) >= 11 is 1.57. The number of carbonyl (C=O) groups excluding carboxylic acids is 1. The fraction of sp³-hybridized carbons (Fsp3) is 0.364. The molecule has 1 aromatic carbocycles. The summed E-state index contributed by atoms with van der Waals surface area (Å²) in [5.74, 6) is -0.363. The maximum Gasteiger partial charge on any atom is 0.307 e. The van der Waals surface area contributed by atoms with Crippen LogP contribution in [0.15, 0.2) is 29.2 Å². The molecule has 0 radical (unpaired) electrons. The molecule has 0 bridgehead atoms. The zero-order chi connectivity index (χ0) is 13.3. The molecule has 0 spiro atoms. The maximum absolute atomic E-state index is 12.9. The average Bonchev–Trinajstić information content (AvgIpc) is 2.71. The minimum Gasteiger partial charge on any atom is -0.311 e. The van der Waals surface area contributed by atoms with Gasteiger partial charge in [-0.1, -0.05) is 0 Å². The summed E-state index contributed by atoms with van der Waals surface area (Å²) in [6, 6.07) is 7.14. The van der Waals surface area contributed by atoms with Crippen LogP contribution in [0.3, 0.4) is 0 Å². The van der Waals surface area contributed by atoms with Gasteiger partial charge in [0.25, 0.3) is 0 Å². The molecule has 0 aromatic heterocycles. The summed E-state index contributed by atoms with van der Waals surface area (Å²) in [4.78, 5) is 14.0. The summed E-state index contributed by atoms with van der Waals surface area (Å²) < 4.78 is 34.5. The Bertz CT molecular complexity index is 556. The largest absolute Gasteiger partial charge is 0.311 e. The Morgan fingerprint density at radius 3 is 2.39 bits per heavy atom. The molecular weight excluding hydrogens is 277 g/mol. The predicted molar refractivity (Wildman–Crippen MR) is 69.0 cm³/mol. The first-order valence-corrected chi connectivity index (χ1v) is 7.97.